The van der Waals surface area contributed by atoms with Crippen LogP contribution < -0.4 is 14.8 Å². The van der Waals surface area contributed by atoms with Crippen molar-refractivity contribution in [2.24, 2.45) is 0 Å². The molecule has 2 heterocycles. The topological polar surface area (TPSA) is 50.8 Å². The minimum atomic E-state index is -0.225. The summed E-state index contributed by atoms with van der Waals surface area (Å²) in [7, 11) is 0. The van der Waals surface area contributed by atoms with Crippen LogP contribution in [0.5, 0.6) is 11.5 Å². The van der Waals surface area contributed by atoms with Crippen molar-refractivity contribution in [1.82, 2.24) is 10.2 Å². The van der Waals surface area contributed by atoms with Crippen LogP contribution in [0, 0.1) is 6.92 Å². The van der Waals surface area contributed by atoms with E-state index in [2.05, 4.69) is 91.7 Å². The first-order chi connectivity index (χ1) is 17.6. The molecular weight excluding hydrogens is 499 g/mol. The second kappa shape index (κ2) is 12.2. The number of hydrogen-bond acceptors (Lipinski definition) is 4. The molecule has 2 aliphatic heterocycles. The maximum atomic E-state index is 13.3. The third kappa shape index (κ3) is 5.90. The van der Waals surface area contributed by atoms with Gasteiger partial charge in [-0.2, -0.15) is 0 Å². The Bertz CT molecular complexity index is 1200. The molecule has 0 spiro atoms. The fourth-order valence-electron chi connectivity index (χ4n) is 5.39. The fraction of sp³-hybridized carbons (Fsp3) is 0.387. The van der Waals surface area contributed by atoms with E-state index in [1.54, 1.807) is 0 Å². The van der Waals surface area contributed by atoms with Gasteiger partial charge >= 0.3 is 0 Å². The molecule has 193 valence electrons. The van der Waals surface area contributed by atoms with Gasteiger partial charge in [-0.1, -0.05) is 74.0 Å². The minimum Gasteiger partial charge on any atom is -0.485 e. The molecule has 37 heavy (non-hydrogen) atoms. The van der Waals surface area contributed by atoms with Crippen LogP contribution in [-0.2, 0) is 36.3 Å². The summed E-state index contributed by atoms with van der Waals surface area (Å²) in [6, 6.07) is 23.1. The van der Waals surface area contributed by atoms with Gasteiger partial charge in [0.25, 0.3) is 0 Å². The smallest absolute Gasteiger partial charge is 0.237 e. The number of nitrogens with zero attached hydrogens (tertiary/aromatic N) is 1. The Morgan fingerprint density at radius 2 is 1.76 bits per heavy atom. The van der Waals surface area contributed by atoms with Gasteiger partial charge in [-0.05, 0) is 60.6 Å². The first-order valence-electron chi connectivity index (χ1n) is 13.2. The van der Waals surface area contributed by atoms with Crippen molar-refractivity contribution in [2.75, 3.05) is 13.2 Å². The van der Waals surface area contributed by atoms with Crippen molar-refractivity contribution >= 4 is 5.91 Å². The molecular formula is C31H36N2O3V. The number of benzene rings is 3. The van der Waals surface area contributed by atoms with E-state index in [4.69, 9.17) is 9.47 Å². The van der Waals surface area contributed by atoms with Crippen LogP contribution in [-0.4, -0.2) is 30.0 Å². The zero-order valence-electron chi connectivity index (χ0n) is 21.9. The summed E-state index contributed by atoms with van der Waals surface area (Å²) in [6.07, 6.45) is 2.38. The largest absolute Gasteiger partial charge is 0.485 e. The van der Waals surface area contributed by atoms with E-state index < -0.39 is 0 Å². The summed E-state index contributed by atoms with van der Waals surface area (Å²) in [5, 5.41) is 3.15. The number of carbonyl (C=O) groups is 1. The molecule has 3 aromatic rings. The molecule has 0 fully saturated rings. The molecule has 1 amide bonds. The first-order valence-corrected chi connectivity index (χ1v) is 13.2. The monoisotopic (exact) mass is 535 g/mol. The van der Waals surface area contributed by atoms with Gasteiger partial charge in [0.15, 0.2) is 17.6 Å². The summed E-state index contributed by atoms with van der Waals surface area (Å²) in [4.78, 5) is 15.7. The summed E-state index contributed by atoms with van der Waals surface area (Å²) >= 11 is 0. The van der Waals surface area contributed by atoms with Gasteiger partial charge in [0, 0.05) is 37.7 Å². The molecule has 0 saturated heterocycles. The number of aryl methyl sites for hydroxylation is 1. The van der Waals surface area contributed by atoms with Gasteiger partial charge in [-0.25, -0.2) is 0 Å². The maximum Gasteiger partial charge on any atom is 0.237 e. The zero-order chi connectivity index (χ0) is 25.1. The number of rotatable bonds is 7. The van der Waals surface area contributed by atoms with Crippen LogP contribution in [0.25, 0.3) is 0 Å². The Kier molecular flexibility index (Phi) is 9.01. The Labute approximate surface area is 232 Å². The SMILES string of the molecule is CCCNC(=O)[C@@H]1Cc2cc3c(cc2CN1[C@@H](CC)c1ccccc1)O[C@@H](c1ccc(C)cc1)CO3.[V]. The molecule has 5 rings (SSSR count). The summed E-state index contributed by atoms with van der Waals surface area (Å²) in [5.74, 6) is 1.66. The van der Waals surface area contributed by atoms with E-state index in [-0.39, 0.29) is 42.7 Å². The predicted molar refractivity (Wildman–Crippen MR) is 142 cm³/mol. The standard InChI is InChI=1S/C31H36N2O3.V/c1-4-15-32-31(34)27-16-24-17-28-29(36-30(20-35-28)23-13-11-21(3)12-14-23)18-25(24)19-33(27)26(5-2)22-9-7-6-8-10-22;/h6-14,17-18,26-27,30H,4-5,15-16,19-20H2,1-3H3,(H,32,34);/t26-,27-,30+;/m0./s1. The molecule has 1 N–H and O–H groups in total. The summed E-state index contributed by atoms with van der Waals surface area (Å²) in [5.41, 5.74) is 5.96. The van der Waals surface area contributed by atoms with Crippen LogP contribution in [0.15, 0.2) is 66.7 Å². The van der Waals surface area contributed by atoms with E-state index in [1.165, 1.54) is 22.3 Å². The summed E-state index contributed by atoms with van der Waals surface area (Å²) < 4.78 is 12.6. The third-order valence-corrected chi connectivity index (χ3v) is 7.36. The fourth-order valence-corrected chi connectivity index (χ4v) is 5.39. The molecule has 0 bridgehead atoms. The third-order valence-electron chi connectivity index (χ3n) is 7.36. The van der Waals surface area contributed by atoms with Gasteiger partial charge in [0.2, 0.25) is 5.91 Å². The van der Waals surface area contributed by atoms with Gasteiger partial charge in [0.05, 0.1) is 6.04 Å². The van der Waals surface area contributed by atoms with Crippen LogP contribution in [0.2, 0.25) is 0 Å². The average Bonchev–Trinajstić information content (AvgIpc) is 2.91. The van der Waals surface area contributed by atoms with Crippen molar-refractivity contribution in [1.29, 1.82) is 0 Å². The molecule has 0 unspecified atom stereocenters. The van der Waals surface area contributed by atoms with Gasteiger partial charge in [0.1, 0.15) is 6.61 Å². The van der Waals surface area contributed by atoms with Crippen LogP contribution >= 0.6 is 0 Å². The number of hydrogen-bond donors (Lipinski definition) is 1. The molecule has 3 atom stereocenters. The zero-order valence-corrected chi connectivity index (χ0v) is 23.3. The van der Waals surface area contributed by atoms with E-state index in [0.717, 1.165) is 29.9 Å². The van der Waals surface area contributed by atoms with Crippen LogP contribution in [0.3, 0.4) is 0 Å². The molecule has 2 aliphatic rings. The number of carbonyl (C=O) groups excluding carboxylic acids is 1. The Hall–Kier alpha value is -2.73. The van der Waals surface area contributed by atoms with Crippen molar-refractivity contribution in [2.45, 2.75) is 64.8 Å². The van der Waals surface area contributed by atoms with Crippen LogP contribution in [0.1, 0.15) is 66.7 Å². The summed E-state index contributed by atoms with van der Waals surface area (Å²) in [6.45, 7) is 8.24. The predicted octanol–water partition coefficient (Wildman–Crippen LogP) is 5.91. The first kappa shape index (κ1) is 27.3. The number of fused-ring (bicyclic) bond motifs is 2. The number of amides is 1. The van der Waals surface area contributed by atoms with E-state index >= 15 is 0 Å². The normalized spacial score (nSPS) is 19.3. The van der Waals surface area contributed by atoms with Gasteiger partial charge in [-0.15, -0.1) is 0 Å². The molecule has 5 nitrogen and oxygen atoms in total. The van der Waals surface area contributed by atoms with Crippen LogP contribution in [0.4, 0.5) is 0 Å². The van der Waals surface area contributed by atoms with E-state index in [1.807, 2.05) is 6.07 Å². The minimum absolute atomic E-state index is 0. The maximum absolute atomic E-state index is 13.3. The van der Waals surface area contributed by atoms with Crippen molar-refractivity contribution < 1.29 is 32.8 Å². The molecule has 0 aromatic heterocycles. The Balaban J connectivity index is 0.00000320. The van der Waals surface area contributed by atoms with Gasteiger partial charge < -0.3 is 14.8 Å². The second-order valence-corrected chi connectivity index (χ2v) is 9.91. The van der Waals surface area contributed by atoms with E-state index in [9.17, 15) is 4.79 Å². The molecule has 6 heteroatoms. The Morgan fingerprint density at radius 1 is 1.03 bits per heavy atom. The van der Waals surface area contributed by atoms with Crippen molar-refractivity contribution in [3.8, 4) is 11.5 Å². The molecule has 1 radical (unpaired) electrons. The number of nitrogens with one attached hydrogen (secondary N) is 1. The average molecular weight is 536 g/mol. The van der Waals surface area contributed by atoms with Crippen molar-refractivity contribution in [3.05, 3.63) is 94.5 Å². The van der Waals surface area contributed by atoms with Crippen molar-refractivity contribution in [3.63, 3.8) is 0 Å². The Morgan fingerprint density at radius 3 is 2.46 bits per heavy atom. The van der Waals surface area contributed by atoms with Gasteiger partial charge in [-0.3, -0.25) is 9.69 Å². The number of ether oxygens (including phenoxy) is 2. The molecule has 3 aromatic carbocycles. The van der Waals surface area contributed by atoms with E-state index in [0.29, 0.717) is 26.1 Å². The molecule has 0 aliphatic carbocycles. The second-order valence-electron chi connectivity index (χ2n) is 9.91. The quantitative estimate of drug-likeness (QED) is 0.409. The molecule has 0 saturated carbocycles.